The molecule has 1 amide bonds. The number of benzene rings is 1. The molecule has 3 atom stereocenters. The van der Waals surface area contributed by atoms with Gasteiger partial charge in [-0.1, -0.05) is 17.7 Å². The first kappa shape index (κ1) is 11.6. The van der Waals surface area contributed by atoms with Crippen molar-refractivity contribution in [1.82, 2.24) is 5.32 Å². The standard InChI is InChI=1S/C12H12FNO3S/c1-6-2-3-7-8(4-6)11-9(14-12(7)15)5-10(11)18(13,16)17/h2-4,9-11H,5H2,1H3,(H,14,15)/t9-,10-,11-/m1/s1. The topological polar surface area (TPSA) is 63.2 Å². The van der Waals surface area contributed by atoms with E-state index in [0.29, 0.717) is 11.1 Å². The van der Waals surface area contributed by atoms with E-state index < -0.39 is 21.4 Å². The van der Waals surface area contributed by atoms with Gasteiger partial charge in [0.2, 0.25) is 0 Å². The Morgan fingerprint density at radius 1 is 1.39 bits per heavy atom. The fraction of sp³-hybridized carbons (Fsp3) is 0.417. The molecule has 1 heterocycles. The number of amides is 1. The lowest BCUT2D eigenvalue weighted by Crippen LogP contribution is -2.58. The third kappa shape index (κ3) is 1.55. The highest BCUT2D eigenvalue weighted by atomic mass is 32.3. The van der Waals surface area contributed by atoms with Crippen molar-refractivity contribution in [3.63, 3.8) is 0 Å². The molecule has 18 heavy (non-hydrogen) atoms. The molecule has 1 N–H and O–H groups in total. The molecule has 0 aromatic heterocycles. The SMILES string of the molecule is Cc1ccc2c(c1)[C@H]1[C@H](S(=O)(=O)F)C[C@H]1NC2=O. The summed E-state index contributed by atoms with van der Waals surface area (Å²) in [6.07, 6.45) is 0.155. The van der Waals surface area contributed by atoms with Crippen LogP contribution in [0.25, 0.3) is 0 Å². The van der Waals surface area contributed by atoms with Crippen LogP contribution in [0.2, 0.25) is 0 Å². The van der Waals surface area contributed by atoms with E-state index in [0.717, 1.165) is 5.56 Å². The van der Waals surface area contributed by atoms with Crippen LogP contribution in [0, 0.1) is 6.92 Å². The monoisotopic (exact) mass is 269 g/mol. The Kier molecular flexibility index (Phi) is 2.29. The van der Waals surface area contributed by atoms with E-state index in [-0.39, 0.29) is 18.4 Å². The van der Waals surface area contributed by atoms with Crippen molar-refractivity contribution in [2.75, 3.05) is 0 Å². The molecule has 6 heteroatoms. The fourth-order valence-electron chi connectivity index (χ4n) is 2.87. The summed E-state index contributed by atoms with van der Waals surface area (Å²) < 4.78 is 35.3. The van der Waals surface area contributed by atoms with E-state index in [1.54, 1.807) is 18.2 Å². The Hall–Kier alpha value is -1.43. The lowest BCUT2D eigenvalue weighted by atomic mass is 9.70. The van der Waals surface area contributed by atoms with Crippen LogP contribution in [0.5, 0.6) is 0 Å². The molecule has 1 aliphatic heterocycles. The smallest absolute Gasteiger partial charge is 0.306 e. The van der Waals surface area contributed by atoms with E-state index in [2.05, 4.69) is 5.32 Å². The highest BCUT2D eigenvalue weighted by Crippen LogP contribution is 2.46. The molecule has 1 aliphatic carbocycles. The van der Waals surface area contributed by atoms with Crippen molar-refractivity contribution in [2.45, 2.75) is 30.6 Å². The van der Waals surface area contributed by atoms with Crippen molar-refractivity contribution in [2.24, 2.45) is 0 Å². The second kappa shape index (κ2) is 3.54. The number of nitrogens with one attached hydrogen (secondary N) is 1. The third-order valence-electron chi connectivity index (χ3n) is 3.81. The molecule has 0 unspecified atom stereocenters. The maximum atomic E-state index is 13.2. The number of carbonyl (C=O) groups excluding carboxylic acids is 1. The van der Waals surface area contributed by atoms with Gasteiger partial charge in [-0.3, -0.25) is 4.79 Å². The van der Waals surface area contributed by atoms with Crippen LogP contribution in [-0.2, 0) is 10.2 Å². The lowest BCUT2D eigenvalue weighted by Gasteiger charge is -2.46. The predicted octanol–water partition coefficient (Wildman–Crippen LogP) is 1.26. The van der Waals surface area contributed by atoms with Gasteiger partial charge in [0.15, 0.2) is 0 Å². The fourth-order valence-corrected chi connectivity index (χ4v) is 4.00. The average molecular weight is 269 g/mol. The van der Waals surface area contributed by atoms with Crippen LogP contribution < -0.4 is 5.32 Å². The summed E-state index contributed by atoms with van der Waals surface area (Å²) in [6.45, 7) is 1.86. The molecule has 1 fully saturated rings. The molecule has 0 radical (unpaired) electrons. The van der Waals surface area contributed by atoms with Gasteiger partial charge < -0.3 is 5.32 Å². The molecule has 2 aliphatic rings. The van der Waals surface area contributed by atoms with Crippen LogP contribution in [-0.4, -0.2) is 25.6 Å². The molecule has 4 nitrogen and oxygen atoms in total. The van der Waals surface area contributed by atoms with Gasteiger partial charge in [0, 0.05) is 17.5 Å². The molecule has 1 aromatic rings. The summed E-state index contributed by atoms with van der Waals surface area (Å²) in [7, 11) is -4.56. The van der Waals surface area contributed by atoms with Crippen LogP contribution in [0.3, 0.4) is 0 Å². The van der Waals surface area contributed by atoms with Crippen molar-refractivity contribution < 1.29 is 17.1 Å². The number of carbonyl (C=O) groups is 1. The zero-order valence-electron chi connectivity index (χ0n) is 9.68. The van der Waals surface area contributed by atoms with Gasteiger partial charge in [-0.2, -0.15) is 8.42 Å². The van der Waals surface area contributed by atoms with Gasteiger partial charge in [0.05, 0.1) is 0 Å². The van der Waals surface area contributed by atoms with E-state index >= 15 is 0 Å². The number of halogens is 1. The Labute approximate surface area is 104 Å². The van der Waals surface area contributed by atoms with Crippen molar-refractivity contribution in [3.05, 3.63) is 34.9 Å². The maximum absolute atomic E-state index is 13.2. The number of rotatable bonds is 1. The molecule has 96 valence electrons. The minimum Gasteiger partial charge on any atom is -0.349 e. The predicted molar refractivity (Wildman–Crippen MR) is 63.6 cm³/mol. The first-order valence-corrected chi connectivity index (χ1v) is 7.17. The highest BCUT2D eigenvalue weighted by Gasteiger charge is 2.53. The second-order valence-electron chi connectivity index (χ2n) is 4.95. The normalized spacial score (nSPS) is 29.9. The molecule has 1 saturated carbocycles. The van der Waals surface area contributed by atoms with E-state index in [4.69, 9.17) is 0 Å². The van der Waals surface area contributed by atoms with Crippen LogP contribution in [0.4, 0.5) is 3.89 Å². The molecular formula is C12H12FNO3S. The Bertz CT molecular complexity index is 641. The Balaban J connectivity index is 2.11. The van der Waals surface area contributed by atoms with E-state index in [1.165, 1.54) is 0 Å². The second-order valence-corrected chi connectivity index (χ2v) is 6.50. The van der Waals surface area contributed by atoms with Gasteiger partial charge in [-0.05, 0) is 25.0 Å². The van der Waals surface area contributed by atoms with Gasteiger partial charge in [-0.15, -0.1) is 3.89 Å². The molecule has 0 saturated heterocycles. The van der Waals surface area contributed by atoms with Crippen molar-refractivity contribution in [1.29, 1.82) is 0 Å². The highest BCUT2D eigenvalue weighted by molar-refractivity contribution is 7.87. The largest absolute Gasteiger partial charge is 0.349 e. The zero-order valence-corrected chi connectivity index (χ0v) is 10.5. The van der Waals surface area contributed by atoms with Gasteiger partial charge in [0.1, 0.15) is 5.25 Å². The van der Waals surface area contributed by atoms with E-state index in [9.17, 15) is 17.1 Å². The summed E-state index contributed by atoms with van der Waals surface area (Å²) >= 11 is 0. The molecular weight excluding hydrogens is 257 g/mol. The van der Waals surface area contributed by atoms with E-state index in [1.807, 2.05) is 6.92 Å². The van der Waals surface area contributed by atoms with Crippen molar-refractivity contribution >= 4 is 16.1 Å². The number of fused-ring (bicyclic) bond motifs is 3. The third-order valence-corrected chi connectivity index (χ3v) is 5.02. The van der Waals surface area contributed by atoms with Crippen molar-refractivity contribution in [3.8, 4) is 0 Å². The summed E-state index contributed by atoms with van der Waals surface area (Å²) in [5.74, 6) is -0.659. The number of hydrogen-bond acceptors (Lipinski definition) is 3. The lowest BCUT2D eigenvalue weighted by molar-refractivity contribution is 0.0879. The van der Waals surface area contributed by atoms with Crippen LogP contribution >= 0.6 is 0 Å². The number of hydrogen-bond donors (Lipinski definition) is 1. The summed E-state index contributed by atoms with van der Waals surface area (Å²) in [4.78, 5) is 11.8. The first-order valence-electron chi connectivity index (χ1n) is 5.73. The summed E-state index contributed by atoms with van der Waals surface area (Å²) in [5.41, 5.74) is 2.04. The Morgan fingerprint density at radius 3 is 2.78 bits per heavy atom. The molecule has 0 bridgehead atoms. The molecule has 3 rings (SSSR count). The summed E-state index contributed by atoms with van der Waals surface area (Å²) in [6, 6.07) is 4.97. The summed E-state index contributed by atoms with van der Waals surface area (Å²) in [5, 5.41) is 1.70. The Morgan fingerprint density at radius 2 is 2.11 bits per heavy atom. The molecule has 1 aromatic carbocycles. The maximum Gasteiger partial charge on any atom is 0.306 e. The average Bonchev–Trinajstić information content (AvgIpc) is 2.20. The van der Waals surface area contributed by atoms with Crippen LogP contribution in [0.15, 0.2) is 18.2 Å². The van der Waals surface area contributed by atoms with Crippen LogP contribution in [0.1, 0.15) is 33.8 Å². The van der Waals surface area contributed by atoms with Gasteiger partial charge in [-0.25, -0.2) is 0 Å². The number of aryl methyl sites for hydroxylation is 1. The van der Waals surface area contributed by atoms with Gasteiger partial charge >= 0.3 is 10.2 Å². The quantitative estimate of drug-likeness (QED) is 0.781. The first-order chi connectivity index (χ1) is 8.38. The molecule has 0 spiro atoms. The van der Waals surface area contributed by atoms with Gasteiger partial charge in [0.25, 0.3) is 5.91 Å². The minimum absolute atomic E-state index is 0.155. The zero-order chi connectivity index (χ0) is 13.1. The minimum atomic E-state index is -4.56.